The summed E-state index contributed by atoms with van der Waals surface area (Å²) in [5.74, 6) is 0.995. The Kier molecular flexibility index (Phi) is 11.9. The van der Waals surface area contributed by atoms with Crippen LogP contribution in [-0.2, 0) is 27.5 Å². The highest BCUT2D eigenvalue weighted by molar-refractivity contribution is 6.05. The van der Waals surface area contributed by atoms with Crippen molar-refractivity contribution >= 4 is 46.6 Å². The van der Waals surface area contributed by atoms with Gasteiger partial charge in [0.1, 0.15) is 35.6 Å². The first-order chi connectivity index (χ1) is 31.7. The van der Waals surface area contributed by atoms with Crippen LogP contribution >= 0.6 is 0 Å². The summed E-state index contributed by atoms with van der Waals surface area (Å²) in [7, 11) is 2.20. The molecule has 66 heavy (non-hydrogen) atoms. The van der Waals surface area contributed by atoms with Gasteiger partial charge in [-0.25, -0.2) is 18.7 Å². The molecule has 5 saturated heterocycles. The number of nitrogens with one attached hydrogen (secondary N) is 3. The molecule has 3 aromatic rings. The third-order valence-electron chi connectivity index (χ3n) is 16.0. The molecule has 1 aliphatic carbocycles. The van der Waals surface area contributed by atoms with Gasteiger partial charge >= 0.3 is 0 Å². The molecule has 4 atom stereocenters. The normalized spacial score (nSPS) is 26.3. The van der Waals surface area contributed by atoms with Crippen LogP contribution in [0.4, 0.5) is 31.8 Å². The Morgan fingerprint density at radius 1 is 0.833 bits per heavy atom. The lowest BCUT2D eigenvalue weighted by molar-refractivity contribution is -0.137. The summed E-state index contributed by atoms with van der Waals surface area (Å²) in [6, 6.07) is 10.3. The van der Waals surface area contributed by atoms with Crippen LogP contribution in [-0.4, -0.2) is 138 Å². The zero-order chi connectivity index (χ0) is 45.9. The maximum absolute atomic E-state index is 15.7. The van der Waals surface area contributed by atoms with Gasteiger partial charge in [0.2, 0.25) is 17.7 Å². The lowest BCUT2D eigenvalue weighted by atomic mass is 9.82. The summed E-state index contributed by atoms with van der Waals surface area (Å²) in [6.07, 6.45) is 7.85. The minimum atomic E-state index is -0.622. The van der Waals surface area contributed by atoms with E-state index < -0.39 is 29.1 Å². The Bertz CT molecular complexity index is 2370. The van der Waals surface area contributed by atoms with Crippen LogP contribution < -0.4 is 30.7 Å². The molecule has 1 saturated carbocycles. The largest absolute Gasteiger partial charge is 0.384 e. The second-order valence-electron chi connectivity index (χ2n) is 21.0. The van der Waals surface area contributed by atoms with Gasteiger partial charge in [0.25, 0.3) is 5.91 Å². The number of hydrogen-bond acceptors (Lipinski definition) is 12. The lowest BCUT2D eigenvalue weighted by Gasteiger charge is -2.48. The van der Waals surface area contributed by atoms with Crippen LogP contribution in [0.15, 0.2) is 42.7 Å². The van der Waals surface area contributed by atoms with Crippen molar-refractivity contribution in [3.8, 4) is 0 Å². The Morgan fingerprint density at radius 2 is 1.56 bits per heavy atom. The van der Waals surface area contributed by atoms with Crippen molar-refractivity contribution in [1.29, 1.82) is 0 Å². The van der Waals surface area contributed by atoms with E-state index in [4.69, 9.17) is 4.98 Å². The van der Waals surface area contributed by atoms with Crippen molar-refractivity contribution in [2.75, 3.05) is 92.5 Å². The number of nitrogens with zero attached hydrogens (tertiary/aromatic N) is 8. The molecule has 7 heterocycles. The topological polar surface area (TPSA) is 150 Å². The molecule has 3 N–H and O–H groups in total. The average molecular weight is 908 g/mol. The minimum Gasteiger partial charge on any atom is -0.384 e. The summed E-state index contributed by atoms with van der Waals surface area (Å²) in [4.78, 5) is 72.3. The number of likely N-dealkylation sites (N-methyl/N-ethyl adjacent to an activating group) is 1. The van der Waals surface area contributed by atoms with E-state index in [9.17, 15) is 19.2 Å². The van der Waals surface area contributed by atoms with E-state index in [-0.39, 0.29) is 41.8 Å². The van der Waals surface area contributed by atoms with Gasteiger partial charge in [0.15, 0.2) is 0 Å². The van der Waals surface area contributed by atoms with Crippen LogP contribution in [0.25, 0.3) is 0 Å². The van der Waals surface area contributed by atoms with Crippen LogP contribution in [0.2, 0.25) is 0 Å². The summed E-state index contributed by atoms with van der Waals surface area (Å²) in [5, 5.41) is 9.14. The number of rotatable bonds is 11. The molecule has 7 aliphatic rings. The Balaban J connectivity index is 0.687. The Morgan fingerprint density at radius 3 is 2.29 bits per heavy atom. The van der Waals surface area contributed by atoms with Crippen molar-refractivity contribution in [2.24, 2.45) is 17.3 Å². The van der Waals surface area contributed by atoms with E-state index in [2.05, 4.69) is 67.5 Å². The number of amides is 4. The Hall–Kier alpha value is -5.42. The van der Waals surface area contributed by atoms with Gasteiger partial charge in [-0.05, 0) is 112 Å². The molecule has 6 aliphatic heterocycles. The summed E-state index contributed by atoms with van der Waals surface area (Å²) < 4.78 is 31.3. The fraction of sp³-hybridized carbons (Fsp3) is 0.592. The molecule has 15 nitrogen and oxygen atoms in total. The number of piperazine rings is 1. The standard InChI is InChI=1S/C49H63F2N11O4/c1-48(2)8-13-58(14-9-48)24-34-21-39(51)41(22-38(34)50)61-28-45(64)56-49(29-61)10-15-59(16-11-49)42-23-43(54-30-53-42)60-25-31-19-36(20-32(31)26-60)57(3)17-12-52-35-4-5-37-33(18-35)27-62(47(37)66)40-6-7-44(63)55-46(40)65/h4-5,18,21-23,30-32,36,40,52H,6-17,19-20,24-29H2,1-3H3,(H,56,64)(H,55,63,65)/t31-,32+,36-,40?. The number of carbonyl (C=O) groups is 4. The van der Waals surface area contributed by atoms with E-state index in [0.717, 1.165) is 87.8 Å². The molecule has 1 aromatic heterocycles. The number of halogens is 2. The number of benzene rings is 2. The number of anilines is 4. The second-order valence-corrected chi connectivity index (χ2v) is 21.0. The summed E-state index contributed by atoms with van der Waals surface area (Å²) >= 11 is 0. The second kappa shape index (κ2) is 17.7. The smallest absolute Gasteiger partial charge is 0.255 e. The first kappa shape index (κ1) is 44.4. The average Bonchev–Trinajstić information content (AvgIpc) is 3.98. The number of fused-ring (bicyclic) bond motifs is 2. The molecule has 1 spiro atoms. The van der Waals surface area contributed by atoms with Gasteiger partial charge in [0.05, 0.1) is 17.8 Å². The maximum atomic E-state index is 15.7. The summed E-state index contributed by atoms with van der Waals surface area (Å²) in [6.45, 7) is 12.2. The van der Waals surface area contributed by atoms with Gasteiger partial charge in [-0.1, -0.05) is 13.8 Å². The molecule has 0 radical (unpaired) electrons. The third kappa shape index (κ3) is 9.04. The van der Waals surface area contributed by atoms with E-state index in [1.807, 2.05) is 18.2 Å². The SMILES string of the molecule is CN(CCNc1ccc2c(c1)CN(C1CCC(=O)NC1=O)C2=O)[C@@H]1C[C@@H]2CN(c3cc(N4CCC5(CC4)CN(c4cc(F)c(CN6CCC(C)(C)CC6)cc4F)CC(=O)N5)ncn3)C[C@@H]2C1. The number of piperidine rings is 3. The number of aromatic nitrogens is 2. The summed E-state index contributed by atoms with van der Waals surface area (Å²) in [5.41, 5.74) is 2.67. The molecular weight excluding hydrogens is 845 g/mol. The van der Waals surface area contributed by atoms with Crippen molar-refractivity contribution in [1.82, 2.24) is 35.3 Å². The zero-order valence-electron chi connectivity index (χ0n) is 38.5. The highest BCUT2D eigenvalue weighted by Crippen LogP contribution is 2.42. The van der Waals surface area contributed by atoms with Crippen molar-refractivity contribution < 1.29 is 28.0 Å². The third-order valence-corrected chi connectivity index (χ3v) is 16.0. The molecule has 6 fully saturated rings. The lowest BCUT2D eigenvalue weighted by Crippen LogP contribution is -2.66. The minimum absolute atomic E-state index is 0.0124. The fourth-order valence-electron chi connectivity index (χ4n) is 11.8. The molecular formula is C49H63F2N11O4. The van der Waals surface area contributed by atoms with Crippen molar-refractivity contribution in [3.05, 3.63) is 71.1 Å². The van der Waals surface area contributed by atoms with E-state index in [1.54, 1.807) is 16.1 Å². The number of imide groups is 1. The van der Waals surface area contributed by atoms with E-state index >= 15 is 8.78 Å². The van der Waals surface area contributed by atoms with E-state index in [0.29, 0.717) is 81.0 Å². The molecule has 0 bridgehead atoms. The number of carbonyl (C=O) groups excluding carboxylic acids is 4. The van der Waals surface area contributed by atoms with E-state index in [1.165, 1.54) is 12.1 Å². The maximum Gasteiger partial charge on any atom is 0.255 e. The molecule has 10 rings (SSSR count). The molecule has 2 aromatic carbocycles. The predicted molar refractivity (Wildman–Crippen MR) is 247 cm³/mol. The van der Waals surface area contributed by atoms with Gasteiger partial charge in [0, 0.05) is 100 Å². The zero-order valence-corrected chi connectivity index (χ0v) is 38.5. The molecule has 17 heteroatoms. The van der Waals surface area contributed by atoms with Gasteiger partial charge < -0.3 is 35.1 Å². The van der Waals surface area contributed by atoms with Crippen molar-refractivity contribution in [2.45, 2.75) is 95.9 Å². The first-order valence-electron chi connectivity index (χ1n) is 24.0. The van der Waals surface area contributed by atoms with Gasteiger partial charge in [-0.2, -0.15) is 0 Å². The first-order valence-corrected chi connectivity index (χ1v) is 24.0. The van der Waals surface area contributed by atoms with Crippen LogP contribution in [0, 0.1) is 28.9 Å². The quantitative estimate of drug-likeness (QED) is 0.235. The van der Waals surface area contributed by atoms with Crippen LogP contribution in [0.3, 0.4) is 0 Å². The molecule has 352 valence electrons. The highest BCUT2D eigenvalue weighted by Gasteiger charge is 2.45. The molecule has 1 unspecified atom stereocenters. The van der Waals surface area contributed by atoms with Gasteiger partial charge in [-0.15, -0.1) is 0 Å². The fourth-order valence-corrected chi connectivity index (χ4v) is 11.8. The highest BCUT2D eigenvalue weighted by atomic mass is 19.1. The van der Waals surface area contributed by atoms with Crippen molar-refractivity contribution in [3.63, 3.8) is 0 Å². The Labute approximate surface area is 385 Å². The van der Waals surface area contributed by atoms with Gasteiger partial charge in [-0.3, -0.25) is 29.4 Å². The number of likely N-dealkylation sites (tertiary alicyclic amines) is 1. The molecule has 4 amide bonds. The number of hydrogen-bond donors (Lipinski definition) is 3. The monoisotopic (exact) mass is 908 g/mol. The predicted octanol–water partition coefficient (Wildman–Crippen LogP) is 4.37. The van der Waals surface area contributed by atoms with Crippen LogP contribution in [0.5, 0.6) is 0 Å². The van der Waals surface area contributed by atoms with Crippen LogP contribution in [0.1, 0.15) is 86.7 Å².